The van der Waals surface area contributed by atoms with Crippen LogP contribution in [-0.4, -0.2) is 32.5 Å². The molecule has 1 aromatic rings. The Labute approximate surface area is 102 Å². The molecule has 0 saturated heterocycles. The molecule has 1 amide bonds. The van der Waals surface area contributed by atoms with Gasteiger partial charge < -0.3 is 14.8 Å². The summed E-state index contributed by atoms with van der Waals surface area (Å²) in [5.74, 6) is -0.749. The van der Waals surface area contributed by atoms with Crippen LogP contribution in [0.25, 0.3) is 0 Å². The zero-order chi connectivity index (χ0) is 13.6. The minimum Gasteiger partial charge on any atom is -0.406 e. The lowest BCUT2D eigenvalue weighted by Crippen LogP contribution is -2.26. The summed E-state index contributed by atoms with van der Waals surface area (Å²) in [6, 6.07) is 4.67. The molecule has 18 heavy (non-hydrogen) atoms. The lowest BCUT2D eigenvalue weighted by atomic mass is 10.2. The van der Waals surface area contributed by atoms with Gasteiger partial charge in [0.15, 0.2) is 0 Å². The van der Waals surface area contributed by atoms with Crippen molar-refractivity contribution in [2.24, 2.45) is 0 Å². The van der Waals surface area contributed by atoms with Crippen molar-refractivity contribution < 1.29 is 27.4 Å². The zero-order valence-electron chi connectivity index (χ0n) is 9.58. The molecular formula is C11H12F3NO3. The molecule has 0 unspecified atom stereocenters. The van der Waals surface area contributed by atoms with E-state index in [2.05, 4.69) is 10.1 Å². The Morgan fingerprint density at radius 1 is 1.28 bits per heavy atom. The Kier molecular flexibility index (Phi) is 4.96. The molecule has 1 N–H and O–H groups in total. The molecular weight excluding hydrogens is 251 g/mol. The number of rotatable bonds is 5. The van der Waals surface area contributed by atoms with Crippen molar-refractivity contribution in [2.45, 2.75) is 6.36 Å². The molecule has 0 fully saturated rings. The summed E-state index contributed by atoms with van der Waals surface area (Å²) in [6.07, 6.45) is -4.73. The number of benzene rings is 1. The van der Waals surface area contributed by atoms with Gasteiger partial charge >= 0.3 is 6.36 Å². The first-order chi connectivity index (χ1) is 8.42. The first kappa shape index (κ1) is 14.3. The molecule has 0 aliphatic heterocycles. The Morgan fingerprint density at radius 3 is 2.39 bits per heavy atom. The average Bonchev–Trinajstić information content (AvgIpc) is 2.28. The summed E-state index contributed by atoms with van der Waals surface area (Å²) in [7, 11) is 1.50. The van der Waals surface area contributed by atoms with Crippen molar-refractivity contribution in [3.05, 3.63) is 29.8 Å². The van der Waals surface area contributed by atoms with E-state index in [1.54, 1.807) is 0 Å². The van der Waals surface area contributed by atoms with Crippen molar-refractivity contribution in [3.8, 4) is 5.75 Å². The van der Waals surface area contributed by atoms with Crippen LogP contribution in [0.5, 0.6) is 5.75 Å². The van der Waals surface area contributed by atoms with Gasteiger partial charge in [-0.2, -0.15) is 0 Å². The predicted octanol–water partition coefficient (Wildman–Crippen LogP) is 1.96. The number of nitrogens with one attached hydrogen (secondary N) is 1. The number of hydrogen-bond donors (Lipinski definition) is 1. The van der Waals surface area contributed by atoms with E-state index < -0.39 is 6.36 Å². The van der Waals surface area contributed by atoms with E-state index in [1.165, 1.54) is 19.2 Å². The summed E-state index contributed by atoms with van der Waals surface area (Å²) in [5, 5.41) is 2.54. The van der Waals surface area contributed by atoms with Gasteiger partial charge in [0, 0.05) is 19.2 Å². The first-order valence-corrected chi connectivity index (χ1v) is 5.05. The molecule has 0 aliphatic carbocycles. The van der Waals surface area contributed by atoms with Gasteiger partial charge in [-0.05, 0) is 24.3 Å². The van der Waals surface area contributed by atoms with Gasteiger partial charge in [0.25, 0.3) is 5.91 Å². The second-order valence-electron chi connectivity index (χ2n) is 3.32. The first-order valence-electron chi connectivity index (χ1n) is 5.05. The minimum atomic E-state index is -4.73. The summed E-state index contributed by atoms with van der Waals surface area (Å²) < 4.78 is 44.1. The molecule has 7 heteroatoms. The van der Waals surface area contributed by atoms with Gasteiger partial charge in [0.1, 0.15) is 5.75 Å². The van der Waals surface area contributed by atoms with Gasteiger partial charge in [-0.15, -0.1) is 13.2 Å². The summed E-state index contributed by atoms with van der Waals surface area (Å²) >= 11 is 0. The van der Waals surface area contributed by atoms with E-state index in [4.69, 9.17) is 4.74 Å². The molecule has 4 nitrogen and oxygen atoms in total. The van der Waals surface area contributed by atoms with Crippen molar-refractivity contribution in [1.82, 2.24) is 5.32 Å². The quantitative estimate of drug-likeness (QED) is 0.826. The number of methoxy groups -OCH3 is 1. The number of hydrogen-bond acceptors (Lipinski definition) is 3. The standard InChI is InChI=1S/C11H12F3NO3/c1-17-7-6-15-10(16)8-2-4-9(5-3-8)18-11(12,13)14/h2-5H,6-7H2,1H3,(H,15,16). The second-order valence-corrected chi connectivity index (χ2v) is 3.32. The molecule has 0 heterocycles. The lowest BCUT2D eigenvalue weighted by molar-refractivity contribution is -0.274. The lowest BCUT2D eigenvalue weighted by Gasteiger charge is -2.09. The number of amides is 1. The van der Waals surface area contributed by atoms with Crippen LogP contribution >= 0.6 is 0 Å². The SMILES string of the molecule is COCCNC(=O)c1ccc(OC(F)(F)F)cc1. The monoisotopic (exact) mass is 263 g/mol. The number of halogens is 3. The van der Waals surface area contributed by atoms with Gasteiger partial charge in [-0.1, -0.05) is 0 Å². The highest BCUT2D eigenvalue weighted by atomic mass is 19.4. The predicted molar refractivity (Wildman–Crippen MR) is 57.3 cm³/mol. The normalized spacial score (nSPS) is 11.1. The molecule has 100 valence electrons. The fourth-order valence-corrected chi connectivity index (χ4v) is 1.18. The molecule has 0 spiro atoms. The maximum atomic E-state index is 11.9. The van der Waals surface area contributed by atoms with Crippen molar-refractivity contribution in [1.29, 1.82) is 0 Å². The van der Waals surface area contributed by atoms with Crippen LogP contribution in [0.2, 0.25) is 0 Å². The fraction of sp³-hybridized carbons (Fsp3) is 0.364. The highest BCUT2D eigenvalue weighted by Crippen LogP contribution is 2.22. The number of carbonyl (C=O) groups is 1. The second kappa shape index (κ2) is 6.25. The molecule has 1 aromatic carbocycles. The van der Waals surface area contributed by atoms with E-state index in [9.17, 15) is 18.0 Å². The maximum Gasteiger partial charge on any atom is 0.573 e. The smallest absolute Gasteiger partial charge is 0.406 e. The van der Waals surface area contributed by atoms with Crippen LogP contribution in [-0.2, 0) is 4.74 Å². The molecule has 0 radical (unpaired) electrons. The molecule has 0 atom stereocenters. The van der Waals surface area contributed by atoms with E-state index in [-0.39, 0.29) is 17.2 Å². The highest BCUT2D eigenvalue weighted by Gasteiger charge is 2.31. The average molecular weight is 263 g/mol. The van der Waals surface area contributed by atoms with Crippen molar-refractivity contribution >= 4 is 5.91 Å². The van der Waals surface area contributed by atoms with Crippen LogP contribution < -0.4 is 10.1 Å². The van der Waals surface area contributed by atoms with E-state index in [0.29, 0.717) is 13.2 Å². The van der Waals surface area contributed by atoms with Crippen molar-refractivity contribution in [2.75, 3.05) is 20.3 Å². The Balaban J connectivity index is 2.57. The van der Waals surface area contributed by atoms with Crippen LogP contribution in [0.15, 0.2) is 24.3 Å². The summed E-state index contributed by atoms with van der Waals surface area (Å²) in [5.41, 5.74) is 0.251. The van der Waals surface area contributed by atoms with Crippen LogP contribution in [0.1, 0.15) is 10.4 Å². The Hall–Kier alpha value is -1.76. The van der Waals surface area contributed by atoms with Crippen LogP contribution in [0.3, 0.4) is 0 Å². The third-order valence-electron chi connectivity index (χ3n) is 1.94. The van der Waals surface area contributed by atoms with Gasteiger partial charge in [0.05, 0.1) is 6.61 Å². The van der Waals surface area contributed by atoms with Crippen molar-refractivity contribution in [3.63, 3.8) is 0 Å². The third-order valence-corrected chi connectivity index (χ3v) is 1.94. The third kappa shape index (κ3) is 5.05. The number of ether oxygens (including phenoxy) is 2. The minimum absolute atomic E-state index is 0.251. The van der Waals surface area contributed by atoms with E-state index >= 15 is 0 Å². The van der Waals surface area contributed by atoms with Crippen LogP contribution in [0, 0.1) is 0 Å². The topological polar surface area (TPSA) is 47.6 Å². The maximum absolute atomic E-state index is 11.9. The number of carbonyl (C=O) groups excluding carboxylic acids is 1. The highest BCUT2D eigenvalue weighted by molar-refractivity contribution is 5.94. The molecule has 0 aliphatic rings. The van der Waals surface area contributed by atoms with E-state index in [0.717, 1.165) is 12.1 Å². The van der Waals surface area contributed by atoms with Gasteiger partial charge in [0.2, 0.25) is 0 Å². The van der Waals surface area contributed by atoms with Crippen LogP contribution in [0.4, 0.5) is 13.2 Å². The largest absolute Gasteiger partial charge is 0.573 e. The Morgan fingerprint density at radius 2 is 1.89 bits per heavy atom. The number of alkyl halides is 3. The van der Waals surface area contributed by atoms with Gasteiger partial charge in [-0.25, -0.2) is 0 Å². The molecule has 0 aromatic heterocycles. The van der Waals surface area contributed by atoms with Gasteiger partial charge in [-0.3, -0.25) is 4.79 Å². The summed E-state index contributed by atoms with van der Waals surface area (Å²) in [6.45, 7) is 0.692. The van der Waals surface area contributed by atoms with E-state index in [1.807, 2.05) is 0 Å². The molecule has 0 saturated carbocycles. The molecule has 0 bridgehead atoms. The molecule has 1 rings (SSSR count). The fourth-order valence-electron chi connectivity index (χ4n) is 1.18. The zero-order valence-corrected chi connectivity index (χ0v) is 9.58. The summed E-state index contributed by atoms with van der Waals surface area (Å²) in [4.78, 5) is 11.5. The Bertz CT molecular complexity index is 390.